The first-order valence-corrected chi connectivity index (χ1v) is 4.18. The van der Waals surface area contributed by atoms with Crippen LogP contribution in [-0.2, 0) is 6.54 Å². The highest BCUT2D eigenvalue weighted by molar-refractivity contribution is 5.85. The number of hydrogen-bond acceptors (Lipinski definition) is 2. The van der Waals surface area contributed by atoms with Gasteiger partial charge in [-0.05, 0) is 19.9 Å². The molecular formula is C10H16ClNO. The summed E-state index contributed by atoms with van der Waals surface area (Å²) in [5.41, 5.74) is 6.61. The Labute approximate surface area is 85.5 Å². The maximum atomic E-state index is 5.56. The van der Waals surface area contributed by atoms with Gasteiger partial charge < -0.3 is 10.5 Å². The third kappa shape index (κ3) is 3.66. The summed E-state index contributed by atoms with van der Waals surface area (Å²) in [4.78, 5) is 0. The van der Waals surface area contributed by atoms with Crippen molar-refractivity contribution in [2.24, 2.45) is 5.73 Å². The molecule has 0 saturated carbocycles. The van der Waals surface area contributed by atoms with Crippen LogP contribution in [0.25, 0.3) is 0 Å². The molecule has 0 amide bonds. The number of nitrogens with two attached hydrogens (primary N) is 1. The van der Waals surface area contributed by atoms with Crippen LogP contribution in [0.2, 0.25) is 0 Å². The zero-order chi connectivity index (χ0) is 8.97. The van der Waals surface area contributed by atoms with E-state index < -0.39 is 0 Å². The van der Waals surface area contributed by atoms with Gasteiger partial charge in [0.15, 0.2) is 0 Å². The van der Waals surface area contributed by atoms with Gasteiger partial charge in [0.05, 0.1) is 6.10 Å². The van der Waals surface area contributed by atoms with Crippen LogP contribution in [-0.4, -0.2) is 6.10 Å². The van der Waals surface area contributed by atoms with Gasteiger partial charge in [0.1, 0.15) is 5.75 Å². The molecule has 0 atom stereocenters. The van der Waals surface area contributed by atoms with Crippen LogP contribution in [0.3, 0.4) is 0 Å². The van der Waals surface area contributed by atoms with E-state index in [9.17, 15) is 0 Å². The SMILES string of the molecule is CC(C)Oc1ccccc1CN.Cl. The molecule has 0 aliphatic carbocycles. The fourth-order valence-corrected chi connectivity index (χ4v) is 1.04. The van der Waals surface area contributed by atoms with E-state index in [1.807, 2.05) is 38.1 Å². The largest absolute Gasteiger partial charge is 0.491 e. The highest BCUT2D eigenvalue weighted by Crippen LogP contribution is 2.18. The average Bonchev–Trinajstić information content (AvgIpc) is 2.04. The molecule has 0 fully saturated rings. The molecule has 0 bridgehead atoms. The Bertz CT molecular complexity index is 250. The first-order valence-electron chi connectivity index (χ1n) is 4.18. The molecule has 0 aliphatic heterocycles. The van der Waals surface area contributed by atoms with Crippen LogP contribution < -0.4 is 10.5 Å². The number of para-hydroxylation sites is 1. The predicted molar refractivity (Wildman–Crippen MR) is 57.3 cm³/mol. The Balaban J connectivity index is 0.00000144. The molecule has 13 heavy (non-hydrogen) atoms. The van der Waals surface area contributed by atoms with Crippen molar-refractivity contribution in [3.05, 3.63) is 29.8 Å². The molecule has 3 heteroatoms. The second-order valence-corrected chi connectivity index (χ2v) is 2.98. The van der Waals surface area contributed by atoms with E-state index >= 15 is 0 Å². The average molecular weight is 202 g/mol. The lowest BCUT2D eigenvalue weighted by Gasteiger charge is -2.12. The molecule has 1 aromatic rings. The Morgan fingerprint density at radius 2 is 1.92 bits per heavy atom. The van der Waals surface area contributed by atoms with Gasteiger partial charge in [-0.2, -0.15) is 0 Å². The van der Waals surface area contributed by atoms with Crippen molar-refractivity contribution >= 4 is 12.4 Å². The van der Waals surface area contributed by atoms with Crippen molar-refractivity contribution in [2.45, 2.75) is 26.5 Å². The third-order valence-electron chi connectivity index (χ3n) is 1.56. The molecule has 1 rings (SSSR count). The minimum atomic E-state index is 0. The van der Waals surface area contributed by atoms with E-state index in [4.69, 9.17) is 10.5 Å². The van der Waals surface area contributed by atoms with Crippen LogP contribution in [0.4, 0.5) is 0 Å². The van der Waals surface area contributed by atoms with Gasteiger partial charge in [0.25, 0.3) is 0 Å². The normalized spacial score (nSPS) is 9.54. The summed E-state index contributed by atoms with van der Waals surface area (Å²) >= 11 is 0. The standard InChI is InChI=1S/C10H15NO.ClH/c1-8(2)12-10-6-4-3-5-9(10)7-11;/h3-6,8H,7,11H2,1-2H3;1H. The summed E-state index contributed by atoms with van der Waals surface area (Å²) < 4.78 is 5.56. The lowest BCUT2D eigenvalue weighted by Crippen LogP contribution is -2.08. The van der Waals surface area contributed by atoms with Gasteiger partial charge in [-0.25, -0.2) is 0 Å². The fourth-order valence-electron chi connectivity index (χ4n) is 1.04. The first kappa shape index (κ1) is 12.3. The van der Waals surface area contributed by atoms with Crippen molar-refractivity contribution in [1.82, 2.24) is 0 Å². The van der Waals surface area contributed by atoms with Crippen molar-refractivity contribution in [3.8, 4) is 5.75 Å². The lowest BCUT2D eigenvalue weighted by atomic mass is 10.2. The molecule has 2 nitrogen and oxygen atoms in total. The van der Waals surface area contributed by atoms with Gasteiger partial charge in [0, 0.05) is 12.1 Å². The molecule has 0 radical (unpaired) electrons. The van der Waals surface area contributed by atoms with Gasteiger partial charge in [-0.3, -0.25) is 0 Å². The fraction of sp³-hybridized carbons (Fsp3) is 0.400. The topological polar surface area (TPSA) is 35.2 Å². The third-order valence-corrected chi connectivity index (χ3v) is 1.56. The molecule has 2 N–H and O–H groups in total. The minimum absolute atomic E-state index is 0. The molecule has 74 valence electrons. The van der Waals surface area contributed by atoms with E-state index in [0.717, 1.165) is 11.3 Å². The monoisotopic (exact) mass is 201 g/mol. The van der Waals surface area contributed by atoms with Crippen molar-refractivity contribution in [3.63, 3.8) is 0 Å². The zero-order valence-corrected chi connectivity index (χ0v) is 8.80. The smallest absolute Gasteiger partial charge is 0.124 e. The molecular weight excluding hydrogens is 186 g/mol. The van der Waals surface area contributed by atoms with Crippen LogP contribution in [0.1, 0.15) is 19.4 Å². The van der Waals surface area contributed by atoms with Crippen LogP contribution in [0, 0.1) is 0 Å². The van der Waals surface area contributed by atoms with Crippen LogP contribution in [0.15, 0.2) is 24.3 Å². The molecule has 1 aromatic carbocycles. The molecule has 0 aliphatic rings. The van der Waals surface area contributed by atoms with E-state index in [1.165, 1.54) is 0 Å². The van der Waals surface area contributed by atoms with Gasteiger partial charge in [-0.1, -0.05) is 18.2 Å². The Morgan fingerprint density at radius 1 is 1.31 bits per heavy atom. The maximum absolute atomic E-state index is 5.56. The van der Waals surface area contributed by atoms with Crippen molar-refractivity contribution < 1.29 is 4.74 Å². The number of ether oxygens (including phenoxy) is 1. The number of hydrogen-bond donors (Lipinski definition) is 1. The number of rotatable bonds is 3. The van der Waals surface area contributed by atoms with Gasteiger partial charge in [0.2, 0.25) is 0 Å². The summed E-state index contributed by atoms with van der Waals surface area (Å²) in [6.45, 7) is 4.55. The predicted octanol–water partition coefficient (Wildman–Crippen LogP) is 2.35. The molecule has 0 aromatic heterocycles. The van der Waals surface area contributed by atoms with Crippen LogP contribution in [0.5, 0.6) is 5.75 Å². The van der Waals surface area contributed by atoms with Crippen molar-refractivity contribution in [2.75, 3.05) is 0 Å². The van der Waals surface area contributed by atoms with Crippen molar-refractivity contribution in [1.29, 1.82) is 0 Å². The quantitative estimate of drug-likeness (QED) is 0.815. The highest BCUT2D eigenvalue weighted by atomic mass is 35.5. The summed E-state index contributed by atoms with van der Waals surface area (Å²) in [6, 6.07) is 7.85. The summed E-state index contributed by atoms with van der Waals surface area (Å²) in [5.74, 6) is 0.898. The van der Waals surface area contributed by atoms with E-state index in [1.54, 1.807) is 0 Å². The van der Waals surface area contributed by atoms with E-state index in [0.29, 0.717) is 6.54 Å². The molecule has 0 heterocycles. The molecule has 0 spiro atoms. The number of halogens is 1. The van der Waals surface area contributed by atoms with E-state index in [-0.39, 0.29) is 18.5 Å². The molecule has 0 unspecified atom stereocenters. The summed E-state index contributed by atoms with van der Waals surface area (Å²) in [6.07, 6.45) is 0.206. The lowest BCUT2D eigenvalue weighted by molar-refractivity contribution is 0.240. The zero-order valence-electron chi connectivity index (χ0n) is 7.99. The second-order valence-electron chi connectivity index (χ2n) is 2.98. The summed E-state index contributed by atoms with van der Waals surface area (Å²) in [5, 5.41) is 0. The van der Waals surface area contributed by atoms with Gasteiger partial charge in [-0.15, -0.1) is 12.4 Å². The first-order chi connectivity index (χ1) is 5.74. The Kier molecular flexibility index (Phi) is 5.51. The van der Waals surface area contributed by atoms with Crippen LogP contribution >= 0.6 is 12.4 Å². The minimum Gasteiger partial charge on any atom is -0.491 e. The van der Waals surface area contributed by atoms with E-state index in [2.05, 4.69) is 0 Å². The molecule has 0 saturated heterocycles. The highest BCUT2D eigenvalue weighted by Gasteiger charge is 2.01. The van der Waals surface area contributed by atoms with Gasteiger partial charge >= 0.3 is 0 Å². The Morgan fingerprint density at radius 3 is 2.46 bits per heavy atom. The maximum Gasteiger partial charge on any atom is 0.124 e. The summed E-state index contributed by atoms with van der Waals surface area (Å²) in [7, 11) is 0. The second kappa shape index (κ2) is 5.84. The Hall–Kier alpha value is -0.730. The number of benzene rings is 1.